The van der Waals surface area contributed by atoms with Gasteiger partial charge in [0, 0.05) is 6.54 Å². The van der Waals surface area contributed by atoms with E-state index in [0.717, 1.165) is 19.3 Å². The summed E-state index contributed by atoms with van der Waals surface area (Å²) in [6, 6.07) is 5.13. The Kier molecular flexibility index (Phi) is 4.98. The lowest BCUT2D eigenvalue weighted by atomic mass is 10.1. The number of nitro groups is 1. The van der Waals surface area contributed by atoms with Crippen molar-refractivity contribution in [2.75, 3.05) is 18.5 Å². The van der Waals surface area contributed by atoms with Crippen LogP contribution in [0.5, 0.6) is 5.75 Å². The molecule has 5 nitrogen and oxygen atoms in total. The standard InChI is InChI=1S/C15H20N2O3/c1-2-20-14-9-5-8-13(15(14)17(18)19)16-11-10-12-6-3-4-7-12/h5-6,8-9,16H,2-4,7,10-11H2,1H3. The number of rotatable bonds is 7. The third-order valence-electron chi connectivity index (χ3n) is 3.38. The van der Waals surface area contributed by atoms with Gasteiger partial charge in [0.1, 0.15) is 5.69 Å². The van der Waals surface area contributed by atoms with E-state index in [1.165, 1.54) is 12.0 Å². The molecule has 20 heavy (non-hydrogen) atoms. The fourth-order valence-corrected chi connectivity index (χ4v) is 2.45. The molecule has 0 aliphatic heterocycles. The largest absolute Gasteiger partial charge is 0.487 e. The summed E-state index contributed by atoms with van der Waals surface area (Å²) in [6.07, 6.45) is 6.76. The Hall–Kier alpha value is -2.04. The molecule has 0 spiro atoms. The van der Waals surface area contributed by atoms with Gasteiger partial charge in [0.2, 0.25) is 0 Å². The van der Waals surface area contributed by atoms with Crippen LogP contribution in [0.4, 0.5) is 11.4 Å². The Labute approximate surface area is 118 Å². The average molecular weight is 276 g/mol. The van der Waals surface area contributed by atoms with Gasteiger partial charge in [0.15, 0.2) is 5.75 Å². The van der Waals surface area contributed by atoms with Gasteiger partial charge in [-0.15, -0.1) is 0 Å². The van der Waals surface area contributed by atoms with E-state index in [1.54, 1.807) is 18.2 Å². The Balaban J connectivity index is 2.05. The predicted molar refractivity (Wildman–Crippen MR) is 79.3 cm³/mol. The minimum Gasteiger partial charge on any atom is -0.487 e. The van der Waals surface area contributed by atoms with Crippen LogP contribution in [-0.2, 0) is 0 Å². The van der Waals surface area contributed by atoms with Crippen LogP contribution >= 0.6 is 0 Å². The summed E-state index contributed by atoms with van der Waals surface area (Å²) in [7, 11) is 0. The monoisotopic (exact) mass is 276 g/mol. The van der Waals surface area contributed by atoms with Crippen molar-refractivity contribution in [2.24, 2.45) is 0 Å². The lowest BCUT2D eigenvalue weighted by Gasteiger charge is -2.10. The summed E-state index contributed by atoms with van der Waals surface area (Å²) < 4.78 is 5.33. The van der Waals surface area contributed by atoms with Gasteiger partial charge in [-0.25, -0.2) is 0 Å². The number of allylic oxidation sites excluding steroid dienone is 1. The lowest BCUT2D eigenvalue weighted by molar-refractivity contribution is -0.384. The Morgan fingerprint density at radius 2 is 2.30 bits per heavy atom. The fourth-order valence-electron chi connectivity index (χ4n) is 2.45. The molecule has 0 amide bonds. The van der Waals surface area contributed by atoms with Gasteiger partial charge in [-0.05, 0) is 44.7 Å². The summed E-state index contributed by atoms with van der Waals surface area (Å²) >= 11 is 0. The summed E-state index contributed by atoms with van der Waals surface area (Å²) in [5.41, 5.74) is 2.00. The van der Waals surface area contributed by atoms with E-state index in [0.29, 0.717) is 24.6 Å². The summed E-state index contributed by atoms with van der Waals surface area (Å²) in [5.74, 6) is 0.322. The normalized spacial score (nSPS) is 13.9. The van der Waals surface area contributed by atoms with Gasteiger partial charge in [-0.3, -0.25) is 10.1 Å². The second-order valence-corrected chi connectivity index (χ2v) is 4.77. The van der Waals surface area contributed by atoms with Gasteiger partial charge in [0.25, 0.3) is 0 Å². The van der Waals surface area contributed by atoms with E-state index in [-0.39, 0.29) is 10.6 Å². The van der Waals surface area contributed by atoms with Gasteiger partial charge in [0.05, 0.1) is 11.5 Å². The zero-order valence-corrected chi connectivity index (χ0v) is 11.7. The van der Waals surface area contributed by atoms with Crippen molar-refractivity contribution >= 4 is 11.4 Å². The molecule has 2 rings (SSSR count). The van der Waals surface area contributed by atoms with Crippen LogP contribution in [0.3, 0.4) is 0 Å². The smallest absolute Gasteiger partial charge is 0.333 e. The van der Waals surface area contributed by atoms with Gasteiger partial charge < -0.3 is 10.1 Å². The van der Waals surface area contributed by atoms with Crippen molar-refractivity contribution in [3.8, 4) is 5.75 Å². The first-order chi connectivity index (χ1) is 9.72. The average Bonchev–Trinajstić information content (AvgIpc) is 2.92. The second-order valence-electron chi connectivity index (χ2n) is 4.77. The molecule has 0 radical (unpaired) electrons. The Morgan fingerprint density at radius 3 is 2.95 bits per heavy atom. The molecule has 1 aliphatic rings. The van der Waals surface area contributed by atoms with Crippen molar-refractivity contribution in [3.05, 3.63) is 40.0 Å². The van der Waals surface area contributed by atoms with E-state index in [1.807, 2.05) is 6.92 Å². The molecule has 1 aliphatic carbocycles. The summed E-state index contributed by atoms with van der Waals surface area (Å²) in [6.45, 7) is 2.94. The highest BCUT2D eigenvalue weighted by molar-refractivity contribution is 5.68. The van der Waals surface area contributed by atoms with E-state index in [4.69, 9.17) is 4.74 Å². The number of ether oxygens (including phenoxy) is 1. The van der Waals surface area contributed by atoms with E-state index in [9.17, 15) is 10.1 Å². The molecule has 0 aromatic heterocycles. The molecule has 0 unspecified atom stereocenters. The highest BCUT2D eigenvalue weighted by Gasteiger charge is 2.20. The molecule has 0 atom stereocenters. The molecule has 5 heteroatoms. The number of para-hydroxylation sites is 1. The molecule has 0 saturated carbocycles. The van der Waals surface area contributed by atoms with Crippen LogP contribution in [0.25, 0.3) is 0 Å². The van der Waals surface area contributed by atoms with Crippen molar-refractivity contribution in [1.82, 2.24) is 0 Å². The van der Waals surface area contributed by atoms with Crippen molar-refractivity contribution in [1.29, 1.82) is 0 Å². The molecule has 1 aromatic rings. The highest BCUT2D eigenvalue weighted by Crippen LogP contribution is 2.34. The molecular formula is C15H20N2O3. The molecule has 0 heterocycles. The number of nitrogens with one attached hydrogen (secondary N) is 1. The topological polar surface area (TPSA) is 64.4 Å². The zero-order chi connectivity index (χ0) is 14.4. The van der Waals surface area contributed by atoms with E-state index >= 15 is 0 Å². The molecule has 0 fully saturated rings. The molecule has 0 saturated heterocycles. The molecule has 0 bridgehead atoms. The van der Waals surface area contributed by atoms with Crippen molar-refractivity contribution in [3.63, 3.8) is 0 Å². The van der Waals surface area contributed by atoms with Crippen LogP contribution in [0.1, 0.15) is 32.6 Å². The minimum atomic E-state index is -0.387. The van der Waals surface area contributed by atoms with Crippen LogP contribution < -0.4 is 10.1 Å². The number of hydrogen-bond acceptors (Lipinski definition) is 4. The maximum absolute atomic E-state index is 11.2. The lowest BCUT2D eigenvalue weighted by Crippen LogP contribution is -2.06. The first-order valence-electron chi connectivity index (χ1n) is 7.04. The van der Waals surface area contributed by atoms with Crippen molar-refractivity contribution in [2.45, 2.75) is 32.6 Å². The molecule has 1 aromatic carbocycles. The summed E-state index contributed by atoms with van der Waals surface area (Å²) in [5, 5.41) is 14.4. The molecule has 1 N–H and O–H groups in total. The van der Waals surface area contributed by atoms with Crippen LogP contribution in [-0.4, -0.2) is 18.1 Å². The molecule has 108 valence electrons. The SMILES string of the molecule is CCOc1cccc(NCCC2=CCCC2)c1[N+](=O)[O-]. The first kappa shape index (κ1) is 14.4. The third-order valence-corrected chi connectivity index (χ3v) is 3.38. The fraction of sp³-hybridized carbons (Fsp3) is 0.467. The number of benzene rings is 1. The van der Waals surface area contributed by atoms with Crippen LogP contribution in [0.15, 0.2) is 29.8 Å². The number of nitrogens with zero attached hydrogens (tertiary/aromatic N) is 1. The maximum atomic E-state index is 11.2. The van der Waals surface area contributed by atoms with E-state index < -0.39 is 0 Å². The zero-order valence-electron chi connectivity index (χ0n) is 11.7. The van der Waals surface area contributed by atoms with E-state index in [2.05, 4.69) is 11.4 Å². The quantitative estimate of drug-likeness (QED) is 0.466. The minimum absolute atomic E-state index is 0.0229. The van der Waals surface area contributed by atoms with Crippen LogP contribution in [0, 0.1) is 10.1 Å². The first-order valence-corrected chi connectivity index (χ1v) is 7.04. The Bertz CT molecular complexity index is 512. The van der Waals surface area contributed by atoms with Gasteiger partial charge >= 0.3 is 5.69 Å². The van der Waals surface area contributed by atoms with Crippen LogP contribution in [0.2, 0.25) is 0 Å². The van der Waals surface area contributed by atoms with Gasteiger partial charge in [-0.2, -0.15) is 0 Å². The maximum Gasteiger partial charge on any atom is 0.333 e. The Morgan fingerprint density at radius 1 is 1.45 bits per heavy atom. The highest BCUT2D eigenvalue weighted by atomic mass is 16.6. The number of hydrogen-bond donors (Lipinski definition) is 1. The second kappa shape index (κ2) is 6.93. The number of nitro benzene ring substituents is 1. The number of anilines is 1. The molecular weight excluding hydrogens is 256 g/mol. The van der Waals surface area contributed by atoms with Crippen molar-refractivity contribution < 1.29 is 9.66 Å². The predicted octanol–water partition coefficient (Wildman–Crippen LogP) is 3.91. The third kappa shape index (κ3) is 3.50. The van der Waals surface area contributed by atoms with Gasteiger partial charge in [-0.1, -0.05) is 17.7 Å². The summed E-state index contributed by atoms with van der Waals surface area (Å²) in [4.78, 5) is 10.8.